The number of hydrogen-bond acceptors (Lipinski definition) is 3. The van der Waals surface area contributed by atoms with Crippen LogP contribution in [0, 0.1) is 16.7 Å². The van der Waals surface area contributed by atoms with E-state index in [1.54, 1.807) is 0 Å². The number of hydrogen-bond donors (Lipinski definition) is 1. The van der Waals surface area contributed by atoms with E-state index in [0.29, 0.717) is 0 Å². The summed E-state index contributed by atoms with van der Waals surface area (Å²) in [6.45, 7) is 6.49. The Balaban J connectivity index is 1.87. The Kier molecular flexibility index (Phi) is 3.05. The molecule has 0 aromatic heterocycles. The zero-order valence-electron chi connectivity index (χ0n) is 12.0. The van der Waals surface area contributed by atoms with Crippen LogP contribution in [0.15, 0.2) is 33.8 Å². The summed E-state index contributed by atoms with van der Waals surface area (Å²) in [7, 11) is 0. The van der Waals surface area contributed by atoms with Crippen molar-refractivity contribution in [3.8, 4) is 0 Å². The van der Waals surface area contributed by atoms with Crippen molar-refractivity contribution in [3.05, 3.63) is 28.7 Å². The summed E-state index contributed by atoms with van der Waals surface area (Å²) in [5, 5.41) is 4.43. The summed E-state index contributed by atoms with van der Waals surface area (Å²) in [5.74, 6) is 0.506. The highest BCUT2D eigenvalue weighted by atomic mass is 79.9. The molecular weight excluding hydrogens is 316 g/mol. The molecule has 106 valence electrons. The van der Waals surface area contributed by atoms with Crippen LogP contribution < -0.4 is 5.43 Å². The van der Waals surface area contributed by atoms with Crippen LogP contribution >= 0.6 is 15.9 Å². The number of carbonyl (C=O) groups excluding carboxylic acids is 1. The third kappa shape index (κ3) is 1.77. The normalized spacial score (nSPS) is 32.9. The quantitative estimate of drug-likeness (QED) is 0.821. The monoisotopic (exact) mass is 334 g/mol. The zero-order valence-corrected chi connectivity index (χ0v) is 13.6. The molecule has 0 saturated heterocycles. The lowest BCUT2D eigenvalue weighted by atomic mass is 9.70. The molecular formula is C16H19BrN2O. The summed E-state index contributed by atoms with van der Waals surface area (Å²) in [6.07, 6.45) is 2.05. The predicted octanol–water partition coefficient (Wildman–Crippen LogP) is 4.24. The van der Waals surface area contributed by atoms with Gasteiger partial charge in [-0.2, -0.15) is 5.10 Å². The summed E-state index contributed by atoms with van der Waals surface area (Å²) < 4.78 is 1.03. The van der Waals surface area contributed by atoms with Crippen LogP contribution in [0.25, 0.3) is 0 Å². The molecule has 0 heterocycles. The van der Waals surface area contributed by atoms with E-state index in [0.717, 1.165) is 28.7 Å². The third-order valence-electron chi connectivity index (χ3n) is 5.44. The lowest BCUT2D eigenvalue weighted by molar-refractivity contribution is -0.123. The van der Waals surface area contributed by atoms with E-state index in [2.05, 4.69) is 47.2 Å². The van der Waals surface area contributed by atoms with Gasteiger partial charge in [-0.05, 0) is 42.5 Å². The fourth-order valence-corrected chi connectivity index (χ4v) is 3.87. The maximum absolute atomic E-state index is 12.6. The minimum atomic E-state index is -0.238. The number of Topliss-reactive ketones (excluding diaryl/α,β-unsaturated/α-hetero) is 1. The molecule has 0 unspecified atom stereocenters. The van der Waals surface area contributed by atoms with Crippen molar-refractivity contribution in [3.63, 3.8) is 0 Å². The Morgan fingerprint density at radius 2 is 1.90 bits per heavy atom. The SMILES string of the molecule is CC1(C)[C@@H]2CC[C@@]1(C)C(=O)/C2=N/Nc1ccc(Br)cc1. The van der Waals surface area contributed by atoms with E-state index in [1.165, 1.54) is 0 Å². The Morgan fingerprint density at radius 3 is 2.45 bits per heavy atom. The lowest BCUT2D eigenvalue weighted by Gasteiger charge is -2.31. The zero-order chi connectivity index (χ0) is 14.5. The van der Waals surface area contributed by atoms with Crippen LogP contribution in [0.4, 0.5) is 5.69 Å². The minimum Gasteiger partial charge on any atom is -0.292 e. The van der Waals surface area contributed by atoms with Crippen molar-refractivity contribution in [1.29, 1.82) is 0 Å². The Labute approximate surface area is 128 Å². The van der Waals surface area contributed by atoms with Gasteiger partial charge in [0, 0.05) is 15.8 Å². The van der Waals surface area contributed by atoms with Crippen LogP contribution in [0.3, 0.4) is 0 Å². The van der Waals surface area contributed by atoms with Crippen molar-refractivity contribution in [2.45, 2.75) is 33.6 Å². The van der Waals surface area contributed by atoms with E-state index in [9.17, 15) is 4.79 Å². The van der Waals surface area contributed by atoms with E-state index in [4.69, 9.17) is 0 Å². The van der Waals surface area contributed by atoms with Gasteiger partial charge in [0.1, 0.15) is 5.71 Å². The van der Waals surface area contributed by atoms with Crippen molar-refractivity contribution in [1.82, 2.24) is 0 Å². The maximum Gasteiger partial charge on any atom is 0.185 e. The number of nitrogens with zero attached hydrogens (tertiary/aromatic N) is 1. The number of nitrogens with one attached hydrogen (secondary N) is 1. The molecule has 2 fully saturated rings. The molecule has 0 spiro atoms. The molecule has 1 aromatic carbocycles. The van der Waals surface area contributed by atoms with Crippen molar-refractivity contribution in [2.24, 2.45) is 21.8 Å². The standard InChI is InChI=1S/C16H19BrN2O/c1-15(2)12-8-9-16(15,3)14(20)13(12)19-18-11-6-4-10(17)5-7-11/h4-7,12,18H,8-9H2,1-3H3/b19-13+/t12-,16+/m1/s1. The molecule has 0 radical (unpaired) electrons. The molecule has 0 amide bonds. The number of benzene rings is 1. The van der Waals surface area contributed by atoms with E-state index < -0.39 is 0 Å². The third-order valence-corrected chi connectivity index (χ3v) is 5.97. The number of hydrazone groups is 1. The predicted molar refractivity (Wildman–Crippen MR) is 84.8 cm³/mol. The Hall–Kier alpha value is -1.16. The first-order chi connectivity index (χ1) is 9.36. The van der Waals surface area contributed by atoms with Crippen molar-refractivity contribution < 1.29 is 4.79 Å². The topological polar surface area (TPSA) is 41.5 Å². The van der Waals surface area contributed by atoms with Gasteiger partial charge >= 0.3 is 0 Å². The van der Waals surface area contributed by atoms with Crippen LogP contribution in [-0.2, 0) is 4.79 Å². The summed E-state index contributed by atoms with van der Waals surface area (Å²) >= 11 is 3.40. The van der Waals surface area contributed by atoms with Gasteiger partial charge in [-0.15, -0.1) is 0 Å². The van der Waals surface area contributed by atoms with Gasteiger partial charge < -0.3 is 0 Å². The molecule has 20 heavy (non-hydrogen) atoms. The first kappa shape index (κ1) is 13.8. The van der Waals surface area contributed by atoms with Crippen LogP contribution in [0.1, 0.15) is 33.6 Å². The second-order valence-electron chi connectivity index (χ2n) is 6.59. The van der Waals surface area contributed by atoms with Crippen LogP contribution in [0.5, 0.6) is 0 Å². The Bertz CT molecular complexity index is 591. The molecule has 2 bridgehead atoms. The van der Waals surface area contributed by atoms with Gasteiger partial charge in [0.15, 0.2) is 5.78 Å². The summed E-state index contributed by atoms with van der Waals surface area (Å²) in [6, 6.07) is 7.80. The van der Waals surface area contributed by atoms with Gasteiger partial charge in [-0.25, -0.2) is 0 Å². The second-order valence-corrected chi connectivity index (χ2v) is 7.51. The van der Waals surface area contributed by atoms with Gasteiger partial charge in [-0.1, -0.05) is 36.7 Å². The first-order valence-corrected chi connectivity index (χ1v) is 7.79. The number of carbonyl (C=O) groups is 1. The smallest absolute Gasteiger partial charge is 0.185 e. The van der Waals surface area contributed by atoms with Crippen LogP contribution in [-0.4, -0.2) is 11.5 Å². The summed E-state index contributed by atoms with van der Waals surface area (Å²) in [4.78, 5) is 12.6. The fourth-order valence-electron chi connectivity index (χ4n) is 3.60. The minimum absolute atomic E-state index is 0.0182. The molecule has 3 nitrogen and oxygen atoms in total. The van der Waals surface area contributed by atoms with Crippen molar-refractivity contribution in [2.75, 3.05) is 5.43 Å². The number of fused-ring (bicyclic) bond motifs is 2. The van der Waals surface area contributed by atoms with Gasteiger partial charge in [0.05, 0.1) is 5.69 Å². The lowest BCUT2D eigenvalue weighted by Crippen LogP contribution is -2.33. The largest absolute Gasteiger partial charge is 0.292 e. The molecule has 1 N–H and O–H groups in total. The molecule has 2 aliphatic rings. The number of anilines is 1. The van der Waals surface area contributed by atoms with E-state index in [1.807, 2.05) is 24.3 Å². The fraction of sp³-hybridized carbons (Fsp3) is 0.500. The molecule has 3 rings (SSSR count). The van der Waals surface area contributed by atoms with Gasteiger partial charge in [-0.3, -0.25) is 10.2 Å². The highest BCUT2D eigenvalue weighted by molar-refractivity contribution is 9.10. The number of ketones is 1. The number of rotatable bonds is 2. The molecule has 2 saturated carbocycles. The highest BCUT2D eigenvalue weighted by Crippen LogP contribution is 2.62. The average molecular weight is 335 g/mol. The van der Waals surface area contributed by atoms with E-state index >= 15 is 0 Å². The number of halogens is 1. The highest BCUT2D eigenvalue weighted by Gasteiger charge is 2.65. The average Bonchev–Trinajstić information content (AvgIpc) is 2.71. The Morgan fingerprint density at radius 1 is 1.25 bits per heavy atom. The first-order valence-electron chi connectivity index (χ1n) is 7.00. The van der Waals surface area contributed by atoms with Crippen molar-refractivity contribution >= 4 is 33.1 Å². The molecule has 4 heteroatoms. The maximum atomic E-state index is 12.6. The second kappa shape index (κ2) is 4.42. The molecule has 2 atom stereocenters. The molecule has 2 aliphatic carbocycles. The van der Waals surface area contributed by atoms with E-state index in [-0.39, 0.29) is 22.5 Å². The summed E-state index contributed by atoms with van der Waals surface area (Å²) in [5.41, 5.74) is 4.44. The van der Waals surface area contributed by atoms with Gasteiger partial charge in [0.25, 0.3) is 0 Å². The van der Waals surface area contributed by atoms with Gasteiger partial charge in [0.2, 0.25) is 0 Å². The molecule has 1 aromatic rings. The van der Waals surface area contributed by atoms with Crippen LogP contribution in [0.2, 0.25) is 0 Å². The molecule has 0 aliphatic heterocycles.